The molecular formula is C26H26N2O3. The number of para-hydroxylation sites is 1. The van der Waals surface area contributed by atoms with Gasteiger partial charge in [0, 0.05) is 24.3 Å². The fraction of sp³-hybridized carbons (Fsp3) is 0.231. The summed E-state index contributed by atoms with van der Waals surface area (Å²) in [6.07, 6.45) is 0.216. The van der Waals surface area contributed by atoms with Crippen molar-refractivity contribution in [2.75, 3.05) is 16.8 Å². The number of ether oxygens (including phenoxy) is 1. The summed E-state index contributed by atoms with van der Waals surface area (Å²) in [5.41, 5.74) is 4.81. The molecule has 1 fully saturated rings. The summed E-state index contributed by atoms with van der Waals surface area (Å²) in [5.74, 6) is 0.928. The molecule has 1 N–H and O–H groups in total. The monoisotopic (exact) mass is 414 g/mol. The largest absolute Gasteiger partial charge is 0.457 e. The fourth-order valence-corrected chi connectivity index (χ4v) is 4.00. The van der Waals surface area contributed by atoms with Crippen LogP contribution in [0.1, 0.15) is 23.1 Å². The van der Waals surface area contributed by atoms with E-state index < -0.39 is 0 Å². The maximum absolute atomic E-state index is 12.8. The minimum Gasteiger partial charge on any atom is -0.457 e. The normalized spacial score (nSPS) is 15.8. The highest BCUT2D eigenvalue weighted by Gasteiger charge is 2.36. The van der Waals surface area contributed by atoms with Gasteiger partial charge < -0.3 is 15.0 Å². The number of anilines is 2. The third kappa shape index (κ3) is 4.61. The number of nitrogens with zero attached hydrogens (tertiary/aromatic N) is 1. The number of nitrogens with one attached hydrogen (secondary N) is 1. The predicted molar refractivity (Wildman–Crippen MR) is 123 cm³/mol. The van der Waals surface area contributed by atoms with Crippen LogP contribution in [0.5, 0.6) is 11.5 Å². The van der Waals surface area contributed by atoms with E-state index in [-0.39, 0.29) is 24.2 Å². The Hall–Kier alpha value is -3.60. The van der Waals surface area contributed by atoms with Crippen LogP contribution in [-0.4, -0.2) is 18.4 Å². The van der Waals surface area contributed by atoms with Crippen LogP contribution in [0.2, 0.25) is 0 Å². The van der Waals surface area contributed by atoms with Gasteiger partial charge in [-0.25, -0.2) is 0 Å². The van der Waals surface area contributed by atoms with Gasteiger partial charge in [-0.15, -0.1) is 0 Å². The highest BCUT2D eigenvalue weighted by Crippen LogP contribution is 2.31. The lowest BCUT2D eigenvalue weighted by atomic mass is 10.1. The summed E-state index contributed by atoms with van der Waals surface area (Å²) in [7, 11) is 0. The van der Waals surface area contributed by atoms with Gasteiger partial charge in [-0.3, -0.25) is 9.59 Å². The van der Waals surface area contributed by atoms with Crippen molar-refractivity contribution in [2.45, 2.75) is 27.2 Å². The quantitative estimate of drug-likeness (QED) is 0.608. The van der Waals surface area contributed by atoms with E-state index in [9.17, 15) is 9.59 Å². The lowest BCUT2D eigenvalue weighted by molar-refractivity contribution is -0.122. The molecule has 5 heteroatoms. The standard InChI is InChI=1S/C26H26N2O3/c1-17-6-4-9-23(14-17)31-22-12-10-21(11-13-22)27-26(30)20-15-24(29)28(16-20)25-18(2)7-5-8-19(25)3/h4-14,20H,15-16H2,1-3H3,(H,27,30)/t20-/m1/s1. The molecule has 0 radical (unpaired) electrons. The van der Waals surface area contributed by atoms with Crippen molar-refractivity contribution in [1.29, 1.82) is 0 Å². The third-order valence-electron chi connectivity index (χ3n) is 5.55. The van der Waals surface area contributed by atoms with Crippen molar-refractivity contribution in [1.82, 2.24) is 0 Å². The number of benzene rings is 3. The summed E-state index contributed by atoms with van der Waals surface area (Å²) in [5, 5.41) is 2.93. The first-order chi connectivity index (χ1) is 14.9. The molecule has 0 unspecified atom stereocenters. The van der Waals surface area contributed by atoms with Crippen LogP contribution in [0.15, 0.2) is 66.7 Å². The third-order valence-corrected chi connectivity index (χ3v) is 5.55. The average molecular weight is 415 g/mol. The summed E-state index contributed by atoms with van der Waals surface area (Å²) in [6, 6.07) is 21.0. The average Bonchev–Trinajstić information content (AvgIpc) is 3.11. The topological polar surface area (TPSA) is 58.6 Å². The Morgan fingerprint density at radius 2 is 1.61 bits per heavy atom. The number of rotatable bonds is 5. The molecular weight excluding hydrogens is 388 g/mol. The first-order valence-corrected chi connectivity index (χ1v) is 10.4. The van der Waals surface area contributed by atoms with Crippen LogP contribution < -0.4 is 15.0 Å². The number of hydrogen-bond acceptors (Lipinski definition) is 3. The summed E-state index contributed by atoms with van der Waals surface area (Å²) in [6.45, 7) is 6.39. The van der Waals surface area contributed by atoms with Gasteiger partial charge in [-0.1, -0.05) is 30.3 Å². The summed E-state index contributed by atoms with van der Waals surface area (Å²) >= 11 is 0. The van der Waals surface area contributed by atoms with Gasteiger partial charge in [-0.05, 0) is 73.9 Å². The van der Waals surface area contributed by atoms with E-state index in [4.69, 9.17) is 4.74 Å². The number of aryl methyl sites for hydroxylation is 3. The van der Waals surface area contributed by atoms with Gasteiger partial charge in [0.2, 0.25) is 11.8 Å². The zero-order valence-electron chi connectivity index (χ0n) is 18.0. The van der Waals surface area contributed by atoms with Gasteiger partial charge in [0.1, 0.15) is 11.5 Å². The summed E-state index contributed by atoms with van der Waals surface area (Å²) < 4.78 is 5.85. The molecule has 3 aromatic carbocycles. The molecule has 5 nitrogen and oxygen atoms in total. The van der Waals surface area contributed by atoms with E-state index in [1.807, 2.05) is 87.5 Å². The minimum absolute atomic E-state index is 0.0144. The van der Waals surface area contributed by atoms with E-state index in [1.165, 1.54) is 0 Å². The van der Waals surface area contributed by atoms with Gasteiger partial charge in [-0.2, -0.15) is 0 Å². The van der Waals surface area contributed by atoms with Crippen LogP contribution >= 0.6 is 0 Å². The first kappa shape index (κ1) is 20.7. The van der Waals surface area contributed by atoms with Gasteiger partial charge in [0.15, 0.2) is 0 Å². The Labute approximate surface area is 182 Å². The molecule has 31 heavy (non-hydrogen) atoms. The Kier molecular flexibility index (Phi) is 5.76. The first-order valence-electron chi connectivity index (χ1n) is 10.4. The van der Waals surface area contributed by atoms with Crippen molar-refractivity contribution >= 4 is 23.2 Å². The van der Waals surface area contributed by atoms with Crippen LogP contribution in [-0.2, 0) is 9.59 Å². The number of amides is 2. The number of hydrogen-bond donors (Lipinski definition) is 1. The molecule has 1 saturated heterocycles. The minimum atomic E-state index is -0.380. The second kappa shape index (κ2) is 8.64. The maximum Gasteiger partial charge on any atom is 0.229 e. The second-order valence-corrected chi connectivity index (χ2v) is 8.08. The predicted octanol–water partition coefficient (Wildman–Crippen LogP) is 5.40. The maximum atomic E-state index is 12.8. The molecule has 2 amide bonds. The van der Waals surface area contributed by atoms with Gasteiger partial charge >= 0.3 is 0 Å². The molecule has 0 aromatic heterocycles. The van der Waals surface area contributed by atoms with Crippen molar-refractivity contribution < 1.29 is 14.3 Å². The lowest BCUT2D eigenvalue weighted by Crippen LogP contribution is -2.29. The van der Waals surface area contributed by atoms with Gasteiger partial charge in [0.25, 0.3) is 0 Å². The zero-order valence-corrected chi connectivity index (χ0v) is 18.0. The van der Waals surface area contributed by atoms with Crippen LogP contribution in [0.4, 0.5) is 11.4 Å². The van der Waals surface area contributed by atoms with Crippen LogP contribution in [0.3, 0.4) is 0 Å². The second-order valence-electron chi connectivity index (χ2n) is 8.08. The van der Waals surface area contributed by atoms with E-state index in [0.717, 1.165) is 28.1 Å². The van der Waals surface area contributed by atoms with E-state index in [1.54, 1.807) is 4.90 Å². The van der Waals surface area contributed by atoms with Crippen molar-refractivity contribution in [2.24, 2.45) is 5.92 Å². The molecule has 3 aromatic rings. The molecule has 0 bridgehead atoms. The van der Waals surface area contributed by atoms with Crippen molar-refractivity contribution in [3.8, 4) is 11.5 Å². The lowest BCUT2D eigenvalue weighted by Gasteiger charge is -2.21. The van der Waals surface area contributed by atoms with E-state index >= 15 is 0 Å². The van der Waals surface area contributed by atoms with Crippen molar-refractivity contribution in [3.63, 3.8) is 0 Å². The Bertz CT molecular complexity index is 1100. The summed E-state index contributed by atoms with van der Waals surface area (Å²) in [4.78, 5) is 27.2. The molecule has 4 rings (SSSR count). The SMILES string of the molecule is Cc1cccc(Oc2ccc(NC(=O)[C@@H]3CC(=O)N(c4c(C)cccc4C)C3)cc2)c1. The van der Waals surface area contributed by atoms with E-state index in [2.05, 4.69) is 5.32 Å². The zero-order chi connectivity index (χ0) is 22.0. The number of carbonyl (C=O) groups is 2. The molecule has 1 heterocycles. The molecule has 158 valence electrons. The molecule has 1 aliphatic heterocycles. The fourth-order valence-electron chi connectivity index (χ4n) is 4.00. The molecule has 0 spiro atoms. The van der Waals surface area contributed by atoms with Crippen LogP contribution in [0.25, 0.3) is 0 Å². The number of carbonyl (C=O) groups excluding carboxylic acids is 2. The molecule has 0 aliphatic carbocycles. The van der Waals surface area contributed by atoms with Crippen LogP contribution in [0, 0.1) is 26.7 Å². The Morgan fingerprint density at radius 1 is 0.935 bits per heavy atom. The highest BCUT2D eigenvalue weighted by atomic mass is 16.5. The van der Waals surface area contributed by atoms with E-state index in [0.29, 0.717) is 18.0 Å². The highest BCUT2D eigenvalue weighted by molar-refractivity contribution is 6.04. The smallest absolute Gasteiger partial charge is 0.229 e. The Balaban J connectivity index is 1.40. The molecule has 1 atom stereocenters. The molecule has 0 saturated carbocycles. The Morgan fingerprint density at radius 3 is 2.29 bits per heavy atom. The van der Waals surface area contributed by atoms with Gasteiger partial charge in [0.05, 0.1) is 5.92 Å². The molecule has 1 aliphatic rings. The van der Waals surface area contributed by atoms with Crippen molar-refractivity contribution in [3.05, 3.63) is 83.4 Å².